The monoisotopic (exact) mass is 247 g/mol. The summed E-state index contributed by atoms with van der Waals surface area (Å²) in [5.74, 6) is 1.56. The summed E-state index contributed by atoms with van der Waals surface area (Å²) in [5, 5.41) is 0. The number of halogens is 1. The highest BCUT2D eigenvalue weighted by Crippen LogP contribution is 2.10. The highest BCUT2D eigenvalue weighted by Gasteiger charge is 2.23. The molecule has 1 fully saturated rings. The maximum absolute atomic E-state index is 13.4. The molecule has 0 saturated carbocycles. The number of aromatic nitrogens is 1. The van der Waals surface area contributed by atoms with E-state index in [9.17, 15) is 9.18 Å². The van der Waals surface area contributed by atoms with Crippen LogP contribution in [0.15, 0.2) is 18.3 Å². The van der Waals surface area contributed by atoms with Gasteiger partial charge in [-0.3, -0.25) is 9.69 Å². The van der Waals surface area contributed by atoms with Crippen LogP contribution in [0.5, 0.6) is 0 Å². The van der Waals surface area contributed by atoms with Crippen LogP contribution < -0.4 is 0 Å². The topological polar surface area (TPSA) is 36.4 Å². The predicted molar refractivity (Wildman–Crippen MR) is 65.4 cm³/mol. The second kappa shape index (κ2) is 5.61. The van der Waals surface area contributed by atoms with Gasteiger partial charge in [0.2, 0.25) is 5.95 Å². The lowest BCUT2D eigenvalue weighted by Gasteiger charge is -2.33. The number of pyridine rings is 1. The predicted octanol–water partition coefficient (Wildman–Crippen LogP) is 0.612. The Kier molecular flexibility index (Phi) is 3.90. The van der Waals surface area contributed by atoms with E-state index in [0.29, 0.717) is 19.6 Å². The number of hydrogen-bond donors (Lipinski definition) is 0. The molecule has 1 amide bonds. The van der Waals surface area contributed by atoms with Crippen molar-refractivity contribution in [3.63, 3.8) is 0 Å². The van der Waals surface area contributed by atoms with Gasteiger partial charge in [-0.2, -0.15) is 4.39 Å². The summed E-state index contributed by atoms with van der Waals surface area (Å²) in [6.07, 6.45) is 6.56. The number of nitrogens with zero attached hydrogens (tertiary/aromatic N) is 3. The van der Waals surface area contributed by atoms with Gasteiger partial charge in [0.15, 0.2) is 0 Å². The number of amides is 1. The Hall–Kier alpha value is -1.93. The lowest BCUT2D eigenvalue weighted by Crippen LogP contribution is -2.48. The standard InChI is InChI=1S/C13H14FN3O/c1-2-6-16-7-9-17(10-8-16)13(18)11-4-3-5-15-12(11)14/h1,3-5H,6-10H2. The van der Waals surface area contributed by atoms with Crippen LogP contribution in [0, 0.1) is 18.3 Å². The Morgan fingerprint density at radius 1 is 1.44 bits per heavy atom. The maximum atomic E-state index is 13.4. The number of terminal acetylenes is 1. The maximum Gasteiger partial charge on any atom is 0.258 e. The summed E-state index contributed by atoms with van der Waals surface area (Å²) in [6, 6.07) is 3.02. The summed E-state index contributed by atoms with van der Waals surface area (Å²) in [5.41, 5.74) is 0.0305. The van der Waals surface area contributed by atoms with Gasteiger partial charge in [-0.05, 0) is 12.1 Å². The molecule has 0 spiro atoms. The molecule has 0 unspecified atom stereocenters. The quantitative estimate of drug-likeness (QED) is 0.567. The molecule has 1 aliphatic heterocycles. The van der Waals surface area contributed by atoms with Crippen molar-refractivity contribution >= 4 is 5.91 Å². The normalized spacial score (nSPS) is 16.3. The van der Waals surface area contributed by atoms with Crippen LogP contribution in [0.4, 0.5) is 4.39 Å². The van der Waals surface area contributed by atoms with E-state index in [1.165, 1.54) is 12.3 Å². The Morgan fingerprint density at radius 3 is 2.78 bits per heavy atom. The molecule has 1 aromatic heterocycles. The summed E-state index contributed by atoms with van der Waals surface area (Å²) in [4.78, 5) is 19.3. The first-order valence-corrected chi connectivity index (χ1v) is 5.78. The molecular formula is C13H14FN3O. The Balaban J connectivity index is 2.00. The van der Waals surface area contributed by atoms with Crippen LogP contribution in [0.1, 0.15) is 10.4 Å². The zero-order valence-corrected chi connectivity index (χ0v) is 9.97. The minimum Gasteiger partial charge on any atom is -0.336 e. The van der Waals surface area contributed by atoms with E-state index in [-0.39, 0.29) is 11.5 Å². The molecule has 4 nitrogen and oxygen atoms in total. The number of carbonyl (C=O) groups is 1. The number of piperazine rings is 1. The minimum absolute atomic E-state index is 0.0305. The molecule has 0 N–H and O–H groups in total. The molecule has 0 aliphatic carbocycles. The van der Waals surface area contributed by atoms with Crippen molar-refractivity contribution < 1.29 is 9.18 Å². The molecule has 0 aromatic carbocycles. The van der Waals surface area contributed by atoms with Gasteiger partial charge in [-0.1, -0.05) is 5.92 Å². The molecule has 5 heteroatoms. The molecular weight excluding hydrogens is 233 g/mol. The van der Waals surface area contributed by atoms with Crippen LogP contribution in [-0.4, -0.2) is 53.4 Å². The summed E-state index contributed by atoms with van der Waals surface area (Å²) >= 11 is 0. The fraction of sp³-hybridized carbons (Fsp3) is 0.385. The summed E-state index contributed by atoms with van der Waals surface area (Å²) in [6.45, 7) is 3.16. The van der Waals surface area contributed by atoms with Gasteiger partial charge in [-0.15, -0.1) is 6.42 Å². The molecule has 2 heterocycles. The number of carbonyl (C=O) groups excluding carboxylic acids is 1. The van der Waals surface area contributed by atoms with Crippen molar-refractivity contribution in [2.24, 2.45) is 0 Å². The molecule has 18 heavy (non-hydrogen) atoms. The van der Waals surface area contributed by atoms with Crippen LogP contribution in [0.2, 0.25) is 0 Å². The third-order valence-electron chi connectivity index (χ3n) is 2.96. The van der Waals surface area contributed by atoms with E-state index < -0.39 is 5.95 Å². The molecule has 0 atom stereocenters. The molecule has 94 valence electrons. The molecule has 0 bridgehead atoms. The summed E-state index contributed by atoms with van der Waals surface area (Å²) < 4.78 is 13.4. The second-order valence-electron chi connectivity index (χ2n) is 4.11. The van der Waals surface area contributed by atoms with Gasteiger partial charge in [0.25, 0.3) is 5.91 Å². The van der Waals surface area contributed by atoms with Crippen LogP contribution in [0.25, 0.3) is 0 Å². The van der Waals surface area contributed by atoms with Crippen molar-refractivity contribution in [1.82, 2.24) is 14.8 Å². The molecule has 1 aliphatic rings. The van der Waals surface area contributed by atoms with E-state index in [1.807, 2.05) is 0 Å². The lowest BCUT2D eigenvalue weighted by molar-refractivity contribution is 0.0646. The fourth-order valence-electron chi connectivity index (χ4n) is 1.95. The SMILES string of the molecule is C#CCN1CCN(C(=O)c2cccnc2F)CC1. The van der Waals surface area contributed by atoms with Gasteiger partial charge in [-0.25, -0.2) is 4.98 Å². The average molecular weight is 247 g/mol. The average Bonchev–Trinajstić information content (AvgIpc) is 2.40. The number of hydrogen-bond acceptors (Lipinski definition) is 3. The smallest absolute Gasteiger partial charge is 0.258 e. The second-order valence-corrected chi connectivity index (χ2v) is 4.11. The first-order valence-electron chi connectivity index (χ1n) is 5.78. The third-order valence-corrected chi connectivity index (χ3v) is 2.96. The molecule has 0 radical (unpaired) electrons. The van der Waals surface area contributed by atoms with Crippen LogP contribution >= 0.6 is 0 Å². The Morgan fingerprint density at radius 2 is 2.17 bits per heavy atom. The highest BCUT2D eigenvalue weighted by molar-refractivity contribution is 5.94. The van der Waals surface area contributed by atoms with E-state index in [2.05, 4.69) is 15.8 Å². The van der Waals surface area contributed by atoms with Gasteiger partial charge < -0.3 is 4.90 Å². The van der Waals surface area contributed by atoms with Gasteiger partial charge in [0.05, 0.1) is 12.1 Å². The Bertz CT molecular complexity index is 475. The van der Waals surface area contributed by atoms with E-state index in [1.54, 1.807) is 11.0 Å². The molecule has 1 saturated heterocycles. The number of rotatable bonds is 2. The Labute approximate surface area is 105 Å². The lowest BCUT2D eigenvalue weighted by atomic mass is 10.2. The largest absolute Gasteiger partial charge is 0.336 e. The van der Waals surface area contributed by atoms with Gasteiger partial charge in [0, 0.05) is 32.4 Å². The van der Waals surface area contributed by atoms with Crippen LogP contribution in [-0.2, 0) is 0 Å². The first-order chi connectivity index (χ1) is 8.72. The zero-order valence-electron chi connectivity index (χ0n) is 9.97. The van der Waals surface area contributed by atoms with Crippen molar-refractivity contribution in [3.8, 4) is 12.3 Å². The third kappa shape index (κ3) is 2.66. The van der Waals surface area contributed by atoms with Crippen molar-refractivity contribution in [2.75, 3.05) is 32.7 Å². The highest BCUT2D eigenvalue weighted by atomic mass is 19.1. The van der Waals surface area contributed by atoms with E-state index in [0.717, 1.165) is 13.1 Å². The van der Waals surface area contributed by atoms with E-state index in [4.69, 9.17) is 6.42 Å². The van der Waals surface area contributed by atoms with E-state index >= 15 is 0 Å². The summed E-state index contributed by atoms with van der Waals surface area (Å²) in [7, 11) is 0. The van der Waals surface area contributed by atoms with Gasteiger partial charge in [0.1, 0.15) is 0 Å². The fourth-order valence-corrected chi connectivity index (χ4v) is 1.95. The van der Waals surface area contributed by atoms with Crippen molar-refractivity contribution in [1.29, 1.82) is 0 Å². The molecule has 1 aromatic rings. The molecule has 2 rings (SSSR count). The minimum atomic E-state index is -0.714. The van der Waals surface area contributed by atoms with Crippen LogP contribution in [0.3, 0.4) is 0 Å². The first kappa shape index (κ1) is 12.5. The van der Waals surface area contributed by atoms with Crippen molar-refractivity contribution in [2.45, 2.75) is 0 Å². The van der Waals surface area contributed by atoms with Gasteiger partial charge >= 0.3 is 0 Å². The zero-order chi connectivity index (χ0) is 13.0. The van der Waals surface area contributed by atoms with Crippen molar-refractivity contribution in [3.05, 3.63) is 29.8 Å².